The van der Waals surface area contributed by atoms with Crippen LogP contribution in [0.25, 0.3) is 0 Å². The number of carbonyl (C=O) groups is 1. The van der Waals surface area contributed by atoms with Gasteiger partial charge in [-0.15, -0.1) is 0 Å². The maximum absolute atomic E-state index is 13.2. The van der Waals surface area contributed by atoms with Crippen LogP contribution in [-0.4, -0.2) is 12.0 Å². The van der Waals surface area contributed by atoms with Crippen molar-refractivity contribution in [3.05, 3.63) is 35.1 Å². The first-order valence-corrected chi connectivity index (χ1v) is 5.16. The van der Waals surface area contributed by atoms with Gasteiger partial charge in [-0.3, -0.25) is 4.79 Å². The molecule has 0 heterocycles. The first kappa shape index (κ1) is 13.7. The predicted molar refractivity (Wildman–Crippen MR) is 55.4 cm³/mol. The molecule has 0 spiro atoms. The van der Waals surface area contributed by atoms with E-state index in [0.717, 1.165) is 6.07 Å². The number of Topliss-reactive ketones (excluding diaryl/α,β-unsaturated/α-hetero) is 1. The number of ketones is 1. The van der Waals surface area contributed by atoms with Gasteiger partial charge < -0.3 is 0 Å². The molecule has 0 saturated carbocycles. The fourth-order valence-electron chi connectivity index (χ4n) is 1.44. The highest BCUT2D eigenvalue weighted by atomic mass is 19.4. The number of halogens is 4. The lowest BCUT2D eigenvalue weighted by Crippen LogP contribution is -2.09. The minimum atomic E-state index is -4.27. The monoisotopic (exact) mass is 248 g/mol. The molecule has 0 saturated heterocycles. The Morgan fingerprint density at radius 1 is 1.29 bits per heavy atom. The second kappa shape index (κ2) is 5.29. The third kappa shape index (κ3) is 4.54. The molecule has 0 aliphatic rings. The Labute approximate surface area is 96.4 Å². The minimum Gasteiger partial charge on any atom is -0.294 e. The second-order valence-corrected chi connectivity index (χ2v) is 3.88. The summed E-state index contributed by atoms with van der Waals surface area (Å²) in [5.41, 5.74) is 0.567. The number of carbonyl (C=O) groups excluding carboxylic acids is 1. The van der Waals surface area contributed by atoms with E-state index >= 15 is 0 Å². The Morgan fingerprint density at radius 2 is 1.94 bits per heavy atom. The highest BCUT2D eigenvalue weighted by Crippen LogP contribution is 2.23. The first-order valence-electron chi connectivity index (χ1n) is 5.16. The molecule has 0 fully saturated rings. The lowest BCUT2D eigenvalue weighted by Gasteiger charge is -2.06. The maximum Gasteiger partial charge on any atom is 0.389 e. The minimum absolute atomic E-state index is 0.132. The topological polar surface area (TPSA) is 17.1 Å². The van der Waals surface area contributed by atoms with Gasteiger partial charge in [0.2, 0.25) is 0 Å². The summed E-state index contributed by atoms with van der Waals surface area (Å²) in [4.78, 5) is 11.5. The summed E-state index contributed by atoms with van der Waals surface area (Å²) in [6.07, 6.45) is -5.90. The molecule has 0 N–H and O–H groups in total. The number of rotatable bonds is 4. The molecule has 1 rings (SSSR count). The van der Waals surface area contributed by atoms with Gasteiger partial charge in [-0.25, -0.2) is 4.39 Å². The molecule has 0 atom stereocenters. The van der Waals surface area contributed by atoms with E-state index in [4.69, 9.17) is 0 Å². The summed E-state index contributed by atoms with van der Waals surface area (Å²) in [5, 5.41) is 0. The van der Waals surface area contributed by atoms with Gasteiger partial charge in [0, 0.05) is 12.8 Å². The fraction of sp³-hybridized carbons (Fsp3) is 0.417. The summed E-state index contributed by atoms with van der Waals surface area (Å²) in [7, 11) is 0. The molecule has 1 nitrogen and oxygen atoms in total. The zero-order chi connectivity index (χ0) is 13.1. The zero-order valence-corrected chi connectivity index (χ0v) is 9.27. The van der Waals surface area contributed by atoms with E-state index in [0.29, 0.717) is 5.56 Å². The van der Waals surface area contributed by atoms with Crippen molar-refractivity contribution in [1.29, 1.82) is 0 Å². The predicted octanol–water partition coefficient (Wildman–Crippen LogP) is 4.05. The van der Waals surface area contributed by atoms with Gasteiger partial charge in [0.05, 0.1) is 5.56 Å². The van der Waals surface area contributed by atoms with Crippen LogP contribution in [0.15, 0.2) is 18.2 Å². The quantitative estimate of drug-likeness (QED) is 0.580. The zero-order valence-electron chi connectivity index (χ0n) is 9.27. The van der Waals surface area contributed by atoms with Gasteiger partial charge in [-0.05, 0) is 25.5 Å². The fourth-order valence-corrected chi connectivity index (χ4v) is 1.44. The number of aryl methyl sites for hydroxylation is 1. The third-order valence-corrected chi connectivity index (χ3v) is 2.29. The van der Waals surface area contributed by atoms with Crippen LogP contribution in [0.1, 0.15) is 35.2 Å². The van der Waals surface area contributed by atoms with E-state index in [1.807, 2.05) is 0 Å². The summed E-state index contributed by atoms with van der Waals surface area (Å²) < 4.78 is 48.8. The van der Waals surface area contributed by atoms with E-state index < -0.39 is 24.2 Å². The van der Waals surface area contributed by atoms with Crippen LogP contribution in [-0.2, 0) is 0 Å². The molecule has 17 heavy (non-hydrogen) atoms. The van der Waals surface area contributed by atoms with Crippen LogP contribution in [0.3, 0.4) is 0 Å². The largest absolute Gasteiger partial charge is 0.389 e. The summed E-state index contributed by atoms with van der Waals surface area (Å²) in [5.74, 6) is -1.27. The van der Waals surface area contributed by atoms with Gasteiger partial charge in [-0.2, -0.15) is 13.2 Å². The van der Waals surface area contributed by atoms with Crippen LogP contribution in [0.4, 0.5) is 17.6 Å². The summed E-state index contributed by atoms with van der Waals surface area (Å²) >= 11 is 0. The van der Waals surface area contributed by atoms with Gasteiger partial charge >= 0.3 is 6.18 Å². The molecule has 0 unspecified atom stereocenters. The third-order valence-electron chi connectivity index (χ3n) is 2.29. The molecular weight excluding hydrogens is 236 g/mol. The van der Waals surface area contributed by atoms with Gasteiger partial charge in [0.15, 0.2) is 5.78 Å². The van der Waals surface area contributed by atoms with Gasteiger partial charge in [0.25, 0.3) is 0 Å². The Bertz CT molecular complexity index is 409. The van der Waals surface area contributed by atoms with E-state index in [-0.39, 0.29) is 18.4 Å². The normalized spacial score (nSPS) is 11.6. The molecule has 5 heteroatoms. The van der Waals surface area contributed by atoms with Crippen LogP contribution in [0.5, 0.6) is 0 Å². The molecule has 0 aromatic heterocycles. The summed E-state index contributed by atoms with van der Waals surface area (Å²) in [6, 6.07) is 4.00. The van der Waals surface area contributed by atoms with Crippen molar-refractivity contribution in [1.82, 2.24) is 0 Å². The van der Waals surface area contributed by atoms with Crippen LogP contribution < -0.4 is 0 Å². The van der Waals surface area contributed by atoms with Gasteiger partial charge in [-0.1, -0.05) is 11.6 Å². The lowest BCUT2D eigenvalue weighted by molar-refractivity contribution is -0.135. The molecule has 0 aliphatic carbocycles. The van der Waals surface area contributed by atoms with Crippen molar-refractivity contribution >= 4 is 5.78 Å². The Morgan fingerprint density at radius 3 is 2.53 bits per heavy atom. The highest BCUT2D eigenvalue weighted by Gasteiger charge is 2.26. The molecular formula is C12H12F4O. The molecule has 1 aromatic rings. The Balaban J connectivity index is 2.61. The number of benzene rings is 1. The summed E-state index contributed by atoms with van der Waals surface area (Å²) in [6.45, 7) is 1.69. The Hall–Kier alpha value is -1.39. The van der Waals surface area contributed by atoms with Crippen LogP contribution in [0.2, 0.25) is 0 Å². The number of hydrogen-bond donors (Lipinski definition) is 0. The van der Waals surface area contributed by atoms with E-state index in [9.17, 15) is 22.4 Å². The van der Waals surface area contributed by atoms with E-state index in [2.05, 4.69) is 0 Å². The molecule has 0 bridgehead atoms. The highest BCUT2D eigenvalue weighted by molar-refractivity contribution is 5.96. The van der Waals surface area contributed by atoms with Crippen LogP contribution >= 0.6 is 0 Å². The Kier molecular flexibility index (Phi) is 4.26. The van der Waals surface area contributed by atoms with Crippen LogP contribution in [0, 0.1) is 12.7 Å². The number of alkyl halides is 3. The van der Waals surface area contributed by atoms with Crippen molar-refractivity contribution in [2.24, 2.45) is 0 Å². The maximum atomic E-state index is 13.2. The molecule has 0 aliphatic heterocycles. The molecule has 0 amide bonds. The molecule has 1 aromatic carbocycles. The van der Waals surface area contributed by atoms with Crippen molar-refractivity contribution in [2.45, 2.75) is 32.4 Å². The van der Waals surface area contributed by atoms with E-state index in [1.165, 1.54) is 12.1 Å². The van der Waals surface area contributed by atoms with E-state index in [1.54, 1.807) is 6.92 Å². The average molecular weight is 248 g/mol. The smallest absolute Gasteiger partial charge is 0.294 e. The first-order chi connectivity index (χ1) is 7.79. The number of hydrogen-bond acceptors (Lipinski definition) is 1. The van der Waals surface area contributed by atoms with Crippen molar-refractivity contribution in [2.75, 3.05) is 0 Å². The standard InChI is InChI=1S/C12H12F4O/c1-8-4-5-10(13)9(7-8)11(17)3-2-6-12(14,15)16/h4-5,7H,2-3,6H2,1H3. The van der Waals surface area contributed by atoms with Crippen molar-refractivity contribution in [3.63, 3.8) is 0 Å². The second-order valence-electron chi connectivity index (χ2n) is 3.88. The lowest BCUT2D eigenvalue weighted by atomic mass is 10.0. The van der Waals surface area contributed by atoms with Crippen molar-refractivity contribution < 1.29 is 22.4 Å². The SMILES string of the molecule is Cc1ccc(F)c(C(=O)CCCC(F)(F)F)c1. The average Bonchev–Trinajstić information content (AvgIpc) is 2.19. The van der Waals surface area contributed by atoms with Gasteiger partial charge in [0.1, 0.15) is 5.82 Å². The van der Waals surface area contributed by atoms with Crippen molar-refractivity contribution in [3.8, 4) is 0 Å². The molecule has 0 radical (unpaired) electrons. The molecule has 94 valence electrons.